The zero-order valence-corrected chi connectivity index (χ0v) is 9.66. The molecule has 0 aliphatic carbocycles. The van der Waals surface area contributed by atoms with Gasteiger partial charge in [0.2, 0.25) is 0 Å². The van der Waals surface area contributed by atoms with Crippen LogP contribution in [-0.2, 0) is 4.74 Å². The Morgan fingerprint density at radius 1 is 1.50 bits per heavy atom. The Morgan fingerprint density at radius 3 is 2.71 bits per heavy atom. The fourth-order valence-electron chi connectivity index (χ4n) is 1.54. The summed E-state index contributed by atoms with van der Waals surface area (Å²) in [5.74, 6) is 0. The molecule has 1 heterocycles. The van der Waals surface area contributed by atoms with Crippen molar-refractivity contribution in [1.29, 1.82) is 0 Å². The van der Waals surface area contributed by atoms with E-state index >= 15 is 0 Å². The quantitative estimate of drug-likeness (QED) is 0.686. The Labute approximate surface area is 86.5 Å². The predicted molar refractivity (Wildman–Crippen MR) is 58.2 cm³/mol. The highest BCUT2D eigenvalue weighted by atomic mass is 16.5. The number of ether oxygens (including phenoxy) is 1. The molecule has 1 unspecified atom stereocenters. The van der Waals surface area contributed by atoms with Crippen LogP contribution in [0.25, 0.3) is 0 Å². The second kappa shape index (κ2) is 5.20. The van der Waals surface area contributed by atoms with Gasteiger partial charge in [0.1, 0.15) is 0 Å². The van der Waals surface area contributed by atoms with Gasteiger partial charge in [-0.3, -0.25) is 4.90 Å². The molecule has 1 rings (SSSR count). The van der Waals surface area contributed by atoms with Gasteiger partial charge < -0.3 is 9.64 Å². The van der Waals surface area contributed by atoms with Crippen molar-refractivity contribution < 1.29 is 4.74 Å². The minimum Gasteiger partial charge on any atom is -0.468 e. The average Bonchev–Trinajstić information content (AvgIpc) is 2.26. The summed E-state index contributed by atoms with van der Waals surface area (Å²) in [5, 5.41) is 0. The SMILES string of the molecule is CCC(C)N1CN=C(OC)N(CC)C1. The van der Waals surface area contributed by atoms with Crippen LogP contribution in [0, 0.1) is 0 Å². The van der Waals surface area contributed by atoms with E-state index < -0.39 is 0 Å². The molecule has 1 aliphatic rings. The number of methoxy groups -OCH3 is 1. The van der Waals surface area contributed by atoms with Crippen molar-refractivity contribution in [3.63, 3.8) is 0 Å². The lowest BCUT2D eigenvalue weighted by molar-refractivity contribution is 0.106. The van der Waals surface area contributed by atoms with Crippen molar-refractivity contribution in [3.05, 3.63) is 0 Å². The average molecular weight is 199 g/mol. The third kappa shape index (κ3) is 2.38. The summed E-state index contributed by atoms with van der Waals surface area (Å²) in [7, 11) is 1.68. The molecule has 0 aromatic rings. The van der Waals surface area contributed by atoms with Crippen molar-refractivity contribution in [2.45, 2.75) is 33.2 Å². The van der Waals surface area contributed by atoms with E-state index in [1.54, 1.807) is 7.11 Å². The minimum atomic E-state index is 0.589. The lowest BCUT2D eigenvalue weighted by Crippen LogP contribution is -2.49. The van der Waals surface area contributed by atoms with Crippen LogP contribution in [0.5, 0.6) is 0 Å². The van der Waals surface area contributed by atoms with Gasteiger partial charge in [0.15, 0.2) is 0 Å². The second-order valence-corrected chi connectivity index (χ2v) is 3.63. The van der Waals surface area contributed by atoms with Crippen LogP contribution in [0.4, 0.5) is 0 Å². The molecule has 0 fully saturated rings. The van der Waals surface area contributed by atoms with Crippen LogP contribution < -0.4 is 0 Å². The Morgan fingerprint density at radius 2 is 2.21 bits per heavy atom. The minimum absolute atomic E-state index is 0.589. The van der Waals surface area contributed by atoms with E-state index in [9.17, 15) is 0 Å². The maximum Gasteiger partial charge on any atom is 0.289 e. The Bertz CT molecular complexity index is 206. The van der Waals surface area contributed by atoms with Crippen LogP contribution in [0.15, 0.2) is 4.99 Å². The van der Waals surface area contributed by atoms with Crippen molar-refractivity contribution in [1.82, 2.24) is 9.80 Å². The molecule has 0 saturated heterocycles. The van der Waals surface area contributed by atoms with E-state index in [1.807, 2.05) is 0 Å². The molecule has 0 aromatic carbocycles. The Kier molecular flexibility index (Phi) is 4.20. The van der Waals surface area contributed by atoms with Gasteiger partial charge in [0.25, 0.3) is 6.02 Å². The molecule has 0 bridgehead atoms. The first-order valence-electron chi connectivity index (χ1n) is 5.30. The summed E-state index contributed by atoms with van der Waals surface area (Å²) in [4.78, 5) is 8.90. The van der Waals surface area contributed by atoms with Crippen LogP contribution in [0.3, 0.4) is 0 Å². The highest BCUT2D eigenvalue weighted by molar-refractivity contribution is 5.74. The van der Waals surface area contributed by atoms with Crippen LogP contribution in [0.1, 0.15) is 27.2 Å². The first-order valence-corrected chi connectivity index (χ1v) is 5.30. The molecule has 82 valence electrons. The topological polar surface area (TPSA) is 28.1 Å². The highest BCUT2D eigenvalue weighted by Gasteiger charge is 2.22. The van der Waals surface area contributed by atoms with E-state index in [-0.39, 0.29) is 0 Å². The van der Waals surface area contributed by atoms with Gasteiger partial charge in [-0.15, -0.1) is 0 Å². The largest absolute Gasteiger partial charge is 0.468 e. The summed E-state index contributed by atoms with van der Waals surface area (Å²) >= 11 is 0. The molecule has 0 aromatic heterocycles. The maximum atomic E-state index is 5.21. The number of aliphatic imine (C=N–C) groups is 1. The number of rotatable bonds is 3. The van der Waals surface area contributed by atoms with Crippen LogP contribution >= 0.6 is 0 Å². The van der Waals surface area contributed by atoms with Gasteiger partial charge in [-0.05, 0) is 20.3 Å². The van der Waals surface area contributed by atoms with Crippen molar-refractivity contribution in [2.75, 3.05) is 27.0 Å². The van der Waals surface area contributed by atoms with Gasteiger partial charge in [0, 0.05) is 12.6 Å². The second-order valence-electron chi connectivity index (χ2n) is 3.63. The fourth-order valence-corrected chi connectivity index (χ4v) is 1.54. The van der Waals surface area contributed by atoms with Crippen molar-refractivity contribution in [2.24, 2.45) is 4.99 Å². The first-order chi connectivity index (χ1) is 6.72. The van der Waals surface area contributed by atoms with E-state index in [0.717, 1.165) is 32.3 Å². The van der Waals surface area contributed by atoms with E-state index in [2.05, 4.69) is 35.6 Å². The maximum absolute atomic E-state index is 5.21. The molecule has 0 amide bonds. The Balaban J connectivity index is 2.61. The zero-order chi connectivity index (χ0) is 10.6. The molecular weight excluding hydrogens is 178 g/mol. The van der Waals surface area contributed by atoms with E-state index in [1.165, 1.54) is 0 Å². The lowest BCUT2D eigenvalue weighted by Gasteiger charge is -2.37. The van der Waals surface area contributed by atoms with Gasteiger partial charge in [-0.1, -0.05) is 6.92 Å². The molecule has 1 atom stereocenters. The fraction of sp³-hybridized carbons (Fsp3) is 0.900. The summed E-state index contributed by atoms with van der Waals surface area (Å²) < 4.78 is 5.21. The molecule has 4 heteroatoms. The molecule has 4 nitrogen and oxygen atoms in total. The molecule has 1 aliphatic heterocycles. The summed E-state index contributed by atoms with van der Waals surface area (Å²) in [6, 6.07) is 1.36. The molecule has 14 heavy (non-hydrogen) atoms. The van der Waals surface area contributed by atoms with Gasteiger partial charge >= 0.3 is 0 Å². The van der Waals surface area contributed by atoms with Crippen molar-refractivity contribution in [3.8, 4) is 0 Å². The molecular formula is C10H21N3O. The highest BCUT2D eigenvalue weighted by Crippen LogP contribution is 2.10. The normalized spacial score (nSPS) is 20.6. The lowest BCUT2D eigenvalue weighted by atomic mass is 10.2. The Hall–Kier alpha value is -0.770. The zero-order valence-electron chi connectivity index (χ0n) is 9.66. The molecule has 0 radical (unpaired) electrons. The number of nitrogens with zero attached hydrogens (tertiary/aromatic N) is 3. The molecule has 0 saturated carbocycles. The third-order valence-electron chi connectivity index (χ3n) is 2.79. The van der Waals surface area contributed by atoms with Gasteiger partial charge in [-0.25, -0.2) is 4.99 Å². The smallest absolute Gasteiger partial charge is 0.289 e. The van der Waals surface area contributed by atoms with Crippen LogP contribution in [0.2, 0.25) is 0 Å². The molecule has 0 N–H and O–H groups in total. The summed E-state index contributed by atoms with van der Waals surface area (Å²) in [6.45, 7) is 9.19. The number of hydrogen-bond acceptors (Lipinski definition) is 4. The van der Waals surface area contributed by atoms with Crippen LogP contribution in [-0.4, -0.2) is 48.9 Å². The first kappa shape index (κ1) is 11.3. The van der Waals surface area contributed by atoms with E-state index in [0.29, 0.717) is 6.04 Å². The monoisotopic (exact) mass is 199 g/mol. The third-order valence-corrected chi connectivity index (χ3v) is 2.79. The molecule has 0 spiro atoms. The predicted octanol–water partition coefficient (Wildman–Crippen LogP) is 1.34. The summed E-state index contributed by atoms with van der Waals surface area (Å²) in [6.07, 6.45) is 1.16. The van der Waals surface area contributed by atoms with Crippen molar-refractivity contribution >= 4 is 6.02 Å². The van der Waals surface area contributed by atoms with Gasteiger partial charge in [-0.2, -0.15) is 0 Å². The van der Waals surface area contributed by atoms with E-state index in [4.69, 9.17) is 4.74 Å². The summed E-state index contributed by atoms with van der Waals surface area (Å²) in [5.41, 5.74) is 0. The standard InChI is InChI=1S/C10H21N3O/c1-5-9(3)13-7-11-10(14-4)12(6-2)8-13/h9H,5-8H2,1-4H3. The number of amidine groups is 1. The van der Waals surface area contributed by atoms with Gasteiger partial charge in [0.05, 0.1) is 20.4 Å². The number of hydrogen-bond donors (Lipinski definition) is 0.